The SMILES string of the molecule is COc1cc2c(cc1O)CCN[C@]21CS[C@@H]2c3c(OC(C)=O)c(C)c4c(c3[C@H](COC1=O)N1[C@@H]2[C@H]2c3c(cc(C)c(OC)c3O)C[C@@H]([C@@H]1O)N2C)OCO4.COc1cccc2c1C(=O)c1c(O)c3c(c(O)c1C2=O)C[C@@](O)(C(=O)CO)C[C@@H]3O[C@H]1C[C@H](N)[C@H](O)[C@H](C)O1. The van der Waals surface area contributed by atoms with Crippen molar-refractivity contribution in [3.63, 3.8) is 0 Å². The topological polar surface area (TPSA) is 375 Å². The van der Waals surface area contributed by atoms with Crippen LogP contribution in [-0.2, 0) is 53.4 Å². The molecular formula is C66H72N4O22S. The van der Waals surface area contributed by atoms with E-state index in [4.69, 9.17) is 48.4 Å². The molecule has 0 amide bonds. The molecule has 13 atom stereocenters. The third kappa shape index (κ3) is 9.70. The van der Waals surface area contributed by atoms with E-state index >= 15 is 0 Å². The van der Waals surface area contributed by atoms with E-state index in [-0.39, 0.29) is 76.9 Å². The third-order valence-electron chi connectivity index (χ3n) is 20.1. The van der Waals surface area contributed by atoms with Crippen LogP contribution in [0.15, 0.2) is 36.4 Å². The summed E-state index contributed by atoms with van der Waals surface area (Å²) in [6, 6.07) is 6.77. The van der Waals surface area contributed by atoms with Gasteiger partial charge in [0.1, 0.15) is 48.0 Å². The molecule has 1 spiro atoms. The fraction of sp³-hybridized carbons (Fsp3) is 0.470. The quantitative estimate of drug-likeness (QED) is 0.0593. The lowest BCUT2D eigenvalue weighted by Gasteiger charge is -2.62. The lowest BCUT2D eigenvalue weighted by molar-refractivity contribution is -0.247. The van der Waals surface area contributed by atoms with Gasteiger partial charge in [-0.25, -0.2) is 4.79 Å². The van der Waals surface area contributed by atoms with Gasteiger partial charge in [-0.15, -0.1) is 11.8 Å². The number of ketones is 3. The van der Waals surface area contributed by atoms with E-state index in [0.717, 1.165) is 16.7 Å². The highest BCUT2D eigenvalue weighted by Gasteiger charge is 2.62. The molecule has 0 aromatic heterocycles. The molecule has 0 unspecified atom stereocenters. The number of benzene rings is 5. The zero-order valence-electron chi connectivity index (χ0n) is 52.1. The Morgan fingerprint density at radius 1 is 0.860 bits per heavy atom. The minimum Gasteiger partial charge on any atom is -0.507 e. The molecular weight excluding hydrogens is 1230 g/mol. The van der Waals surface area contributed by atoms with Crippen LogP contribution < -0.4 is 39.5 Å². The Balaban J connectivity index is 0.000000179. The number of carbonyl (C=O) groups is 5. The molecule has 4 bridgehead atoms. The summed E-state index contributed by atoms with van der Waals surface area (Å²) >= 11 is 1.47. The molecule has 0 saturated carbocycles. The average Bonchev–Trinajstić information content (AvgIpc) is 1.000. The summed E-state index contributed by atoms with van der Waals surface area (Å²) in [7, 11) is 6.28. The number of aromatic hydroxyl groups is 4. The molecule has 26 nitrogen and oxygen atoms in total. The zero-order valence-corrected chi connectivity index (χ0v) is 52.9. The van der Waals surface area contributed by atoms with Gasteiger partial charge in [-0.2, -0.15) is 0 Å². The zero-order chi connectivity index (χ0) is 66.3. The molecule has 93 heavy (non-hydrogen) atoms. The average molecular weight is 1310 g/mol. The Hall–Kier alpha value is -7.80. The van der Waals surface area contributed by atoms with Crippen LogP contribution >= 0.6 is 11.8 Å². The number of fused-ring (bicyclic) bond motifs is 12. The molecule has 10 aliphatic rings. The van der Waals surface area contributed by atoms with Crippen LogP contribution in [0.5, 0.6) is 57.5 Å². The highest BCUT2D eigenvalue weighted by Crippen LogP contribution is 2.65. The minimum absolute atomic E-state index is 0.0173. The van der Waals surface area contributed by atoms with Crippen molar-refractivity contribution in [2.45, 2.75) is 137 Å². The van der Waals surface area contributed by atoms with Crippen LogP contribution in [0.4, 0.5) is 0 Å². The first-order valence-electron chi connectivity index (χ1n) is 30.5. The predicted molar refractivity (Wildman–Crippen MR) is 326 cm³/mol. The van der Waals surface area contributed by atoms with Crippen molar-refractivity contribution in [1.29, 1.82) is 0 Å². The smallest absolute Gasteiger partial charge is 0.331 e. The van der Waals surface area contributed by atoms with E-state index in [1.165, 1.54) is 58.2 Å². The Bertz CT molecular complexity index is 4000. The number of aliphatic hydroxyl groups is 4. The number of nitrogens with two attached hydrogens (primary N) is 1. The normalized spacial score (nSPS) is 29.6. The number of esters is 2. The van der Waals surface area contributed by atoms with Gasteiger partial charge in [-0.3, -0.25) is 34.3 Å². The number of aryl methyl sites for hydroxylation is 1. The molecule has 494 valence electrons. The number of piperazine rings is 1. The second-order valence-electron chi connectivity index (χ2n) is 25.1. The lowest BCUT2D eigenvalue weighted by Crippen LogP contribution is -2.70. The summed E-state index contributed by atoms with van der Waals surface area (Å²) in [4.78, 5) is 71.4. The first-order valence-corrected chi connectivity index (χ1v) is 31.5. The number of methoxy groups -OCH3 is 3. The van der Waals surface area contributed by atoms with Gasteiger partial charge in [-0.05, 0) is 81.1 Å². The molecule has 8 aliphatic heterocycles. The summed E-state index contributed by atoms with van der Waals surface area (Å²) in [5.74, 6) is -2.83. The minimum atomic E-state index is -2.24. The first-order chi connectivity index (χ1) is 44.3. The number of phenolic OH excluding ortho intramolecular Hbond substituents is 4. The van der Waals surface area contributed by atoms with Gasteiger partial charge in [0, 0.05) is 89.5 Å². The van der Waals surface area contributed by atoms with E-state index in [0.29, 0.717) is 70.2 Å². The summed E-state index contributed by atoms with van der Waals surface area (Å²) in [5.41, 5.74) is 6.73. The highest BCUT2D eigenvalue weighted by atomic mass is 32.2. The maximum Gasteiger partial charge on any atom is 0.331 e. The molecule has 27 heteroatoms. The largest absolute Gasteiger partial charge is 0.507 e. The van der Waals surface area contributed by atoms with Crippen LogP contribution in [0.2, 0.25) is 0 Å². The van der Waals surface area contributed by atoms with Gasteiger partial charge in [0.25, 0.3) is 0 Å². The molecule has 5 aromatic carbocycles. The Morgan fingerprint density at radius 3 is 2.29 bits per heavy atom. The summed E-state index contributed by atoms with van der Waals surface area (Å²) < 4.78 is 52.9. The van der Waals surface area contributed by atoms with Crippen LogP contribution in [-0.4, -0.2) is 189 Å². The summed E-state index contributed by atoms with van der Waals surface area (Å²) in [6.07, 6.45) is -5.15. The van der Waals surface area contributed by atoms with Crippen LogP contribution in [0.1, 0.15) is 138 Å². The van der Waals surface area contributed by atoms with E-state index in [9.17, 15) is 64.8 Å². The fourth-order valence-electron chi connectivity index (χ4n) is 15.7. The number of thioether (sulfide) groups is 1. The van der Waals surface area contributed by atoms with E-state index in [1.54, 1.807) is 19.1 Å². The number of nitrogens with zero attached hydrogens (tertiary/aromatic N) is 2. The van der Waals surface area contributed by atoms with Gasteiger partial charge >= 0.3 is 11.9 Å². The molecule has 8 heterocycles. The number of carbonyl (C=O) groups excluding carboxylic acids is 5. The number of nitrogens with one attached hydrogen (secondary N) is 1. The van der Waals surface area contributed by atoms with Crippen molar-refractivity contribution in [2.75, 3.05) is 60.7 Å². The van der Waals surface area contributed by atoms with Gasteiger partial charge in [-0.1, -0.05) is 18.2 Å². The van der Waals surface area contributed by atoms with Gasteiger partial charge in [0.2, 0.25) is 12.6 Å². The predicted octanol–water partition coefficient (Wildman–Crippen LogP) is 3.41. The van der Waals surface area contributed by atoms with Crippen molar-refractivity contribution in [3.05, 3.63) is 114 Å². The number of phenols is 4. The van der Waals surface area contributed by atoms with Crippen molar-refractivity contribution in [3.8, 4) is 57.5 Å². The van der Waals surface area contributed by atoms with Gasteiger partial charge in [0.05, 0.1) is 79.7 Å². The highest BCUT2D eigenvalue weighted by molar-refractivity contribution is 7.99. The molecule has 15 rings (SSSR count). The number of ether oxygens (including phenoxy) is 9. The molecule has 3 fully saturated rings. The van der Waals surface area contributed by atoms with Gasteiger partial charge < -0.3 is 89.2 Å². The number of Topliss-reactive ketones (excluding diaryl/α,β-unsaturated/α-hetero) is 1. The van der Waals surface area contributed by atoms with Crippen LogP contribution in [0.3, 0.4) is 0 Å². The Labute approximate surface area is 536 Å². The lowest BCUT2D eigenvalue weighted by atomic mass is 9.72. The van der Waals surface area contributed by atoms with E-state index in [1.807, 2.05) is 31.9 Å². The van der Waals surface area contributed by atoms with Crippen LogP contribution in [0, 0.1) is 13.8 Å². The van der Waals surface area contributed by atoms with Crippen LogP contribution in [0.25, 0.3) is 0 Å². The fourth-order valence-corrected chi connectivity index (χ4v) is 17.4. The monoisotopic (exact) mass is 1300 g/mol. The number of hydrogen-bond donors (Lipinski definition) is 10. The number of hydrogen-bond acceptors (Lipinski definition) is 27. The summed E-state index contributed by atoms with van der Waals surface area (Å²) in [6.45, 7) is 5.82. The molecule has 2 aliphatic carbocycles. The first kappa shape index (κ1) is 63.9. The molecule has 3 saturated heterocycles. The van der Waals surface area contributed by atoms with E-state index in [2.05, 4.69) is 10.2 Å². The maximum absolute atomic E-state index is 14.7. The van der Waals surface area contributed by atoms with E-state index < -0.39 is 143 Å². The van der Waals surface area contributed by atoms with Crippen molar-refractivity contribution in [2.24, 2.45) is 5.73 Å². The van der Waals surface area contributed by atoms with Crippen molar-refractivity contribution >= 4 is 41.1 Å². The second-order valence-corrected chi connectivity index (χ2v) is 26.2. The maximum atomic E-state index is 14.7. The number of rotatable bonds is 8. The molecule has 0 radical (unpaired) electrons. The number of aliphatic hydroxyl groups excluding tert-OH is 3. The standard InChI is InChI=1S/C39H43N3O11S.C27H29NO11/c1-16-9-20-10-22-37(46)42-23-13-50-38(47)39(21-12-25(48-5)24(44)11-19(21)7-8-40-39)14-54-36(30(42)29(41(22)4)26(20)31(45)32(16)49-6)28-27(23)35-34(51-15-52-35)17(2)33(28)53-18(3)43;1-10-22(31)13(28)6-17(38-10)39-15-8-27(36,16(30)9-29)7-12-19(15)26(35)21-20(24(12)33)23(32)11-4-3-5-14(37-2)18(11)25(21)34/h9,11-12,22-23,29-30,36-37,40,44-46H,7-8,10,13-15H2,1-6H3;3-5,10,13,15,17,22,29,31,33,35-36H,6-9,28H2,1-2H3/t22-,23-,29+,30+,36+,37-,39+;10-,13-,15-,17-,22+,27-/m00/s1. The van der Waals surface area contributed by atoms with Crippen molar-refractivity contribution in [1.82, 2.24) is 15.1 Å². The summed E-state index contributed by atoms with van der Waals surface area (Å²) in [5, 5.41) is 91.9. The molecule has 11 N–H and O–H groups in total. The van der Waals surface area contributed by atoms with Gasteiger partial charge in [0.15, 0.2) is 57.9 Å². The van der Waals surface area contributed by atoms with Crippen molar-refractivity contribution < 1.29 is 107 Å². The number of likely N-dealkylation sites (N-methyl/N-ethyl adjacent to an activating group) is 1. The molecule has 5 aromatic rings. The Kier molecular flexibility index (Phi) is 16.2. The third-order valence-corrected chi connectivity index (χ3v) is 21.5. The Morgan fingerprint density at radius 2 is 1.59 bits per heavy atom. The second kappa shape index (κ2) is 23.6.